The van der Waals surface area contributed by atoms with Gasteiger partial charge in [-0.15, -0.1) is 0 Å². The summed E-state index contributed by atoms with van der Waals surface area (Å²) < 4.78 is 42.4. The van der Waals surface area contributed by atoms with Gasteiger partial charge < -0.3 is 19.9 Å². The van der Waals surface area contributed by atoms with Crippen LogP contribution in [0.15, 0.2) is 30.3 Å². The highest BCUT2D eigenvalue weighted by Crippen LogP contribution is 2.44. The Morgan fingerprint density at radius 3 is 2.00 bits per heavy atom. The minimum Gasteiger partial charge on any atom is -0.493 e. The maximum Gasteiger partial charge on any atom is 0.270 e. The molecule has 0 amide bonds. The molecular weight excluding hydrogens is 328 g/mol. The second-order valence-corrected chi connectivity index (χ2v) is 5.49. The third kappa shape index (κ3) is 4.02. The maximum atomic E-state index is 13.3. The number of rotatable bonds is 6. The van der Waals surface area contributed by atoms with E-state index in [-0.39, 0.29) is 5.56 Å². The highest BCUT2D eigenvalue weighted by molar-refractivity contribution is 5.82. The summed E-state index contributed by atoms with van der Waals surface area (Å²) in [6.45, 7) is 0.869. The average molecular weight is 349 g/mol. The number of nitrogens with two attached hydrogens (primary N) is 1. The van der Waals surface area contributed by atoms with Crippen LogP contribution in [0.4, 0.5) is 14.5 Å². The number of nitrogen functional groups attached to an aromatic ring is 1. The first kappa shape index (κ1) is 18.6. The Morgan fingerprint density at radius 2 is 1.52 bits per heavy atom. The Morgan fingerprint density at radius 1 is 0.920 bits per heavy atom. The topological polar surface area (TPSA) is 53.7 Å². The van der Waals surface area contributed by atoms with Crippen LogP contribution in [0.5, 0.6) is 17.2 Å². The predicted octanol–water partition coefficient (Wildman–Crippen LogP) is 4.58. The normalized spacial score (nSPS) is 11.6. The van der Waals surface area contributed by atoms with E-state index in [0.29, 0.717) is 28.5 Å². The van der Waals surface area contributed by atoms with Crippen molar-refractivity contribution in [1.29, 1.82) is 0 Å². The summed E-state index contributed by atoms with van der Waals surface area (Å²) >= 11 is 0. The van der Waals surface area contributed by atoms with Crippen LogP contribution in [-0.4, -0.2) is 21.3 Å². The number of methoxy groups -OCH3 is 3. The molecule has 0 fully saturated rings. The first-order chi connectivity index (χ1) is 11.8. The van der Waals surface area contributed by atoms with Crippen LogP contribution in [0.3, 0.4) is 0 Å². The number of ether oxygens (including phenoxy) is 3. The minimum atomic E-state index is -2.86. The van der Waals surface area contributed by atoms with Gasteiger partial charge in [-0.3, -0.25) is 0 Å². The summed E-state index contributed by atoms with van der Waals surface area (Å²) in [5.74, 6) is -1.59. The molecule has 134 valence electrons. The van der Waals surface area contributed by atoms with Gasteiger partial charge in [-0.25, -0.2) is 8.78 Å². The van der Waals surface area contributed by atoms with Gasteiger partial charge in [0.15, 0.2) is 11.5 Å². The van der Waals surface area contributed by atoms with Gasteiger partial charge in [0.05, 0.1) is 27.0 Å². The molecule has 0 heterocycles. The summed E-state index contributed by atoms with van der Waals surface area (Å²) in [5.41, 5.74) is 7.93. The van der Waals surface area contributed by atoms with Crippen molar-refractivity contribution in [2.75, 3.05) is 27.1 Å². The van der Waals surface area contributed by atoms with Crippen LogP contribution in [0.2, 0.25) is 0 Å². The van der Waals surface area contributed by atoms with Gasteiger partial charge in [-0.1, -0.05) is 36.4 Å². The number of halogens is 2. The Balaban J connectivity index is 2.38. The standard InChI is InChI=1S/C19H21F2NO3/c1-19(20,21)14-9-6-12(7-10-14)5-8-13-11-15(23-2)17(24-3)18(25-4)16(13)22/h5-11H,22H2,1-4H3/b8-5+. The van der Waals surface area contributed by atoms with Crippen molar-refractivity contribution in [2.24, 2.45) is 0 Å². The van der Waals surface area contributed by atoms with Crippen LogP contribution in [-0.2, 0) is 5.92 Å². The molecule has 0 aromatic heterocycles. The van der Waals surface area contributed by atoms with Gasteiger partial charge >= 0.3 is 0 Å². The molecule has 6 heteroatoms. The zero-order valence-electron chi connectivity index (χ0n) is 14.6. The molecule has 2 N–H and O–H groups in total. The Labute approximate surface area is 145 Å². The summed E-state index contributed by atoms with van der Waals surface area (Å²) in [4.78, 5) is 0. The van der Waals surface area contributed by atoms with Gasteiger partial charge in [-0.05, 0) is 11.6 Å². The molecule has 0 aliphatic carbocycles. The van der Waals surface area contributed by atoms with Crippen molar-refractivity contribution < 1.29 is 23.0 Å². The van der Waals surface area contributed by atoms with Crippen LogP contribution in [0, 0.1) is 0 Å². The lowest BCUT2D eigenvalue weighted by atomic mass is 10.1. The average Bonchev–Trinajstić information content (AvgIpc) is 2.59. The third-order valence-electron chi connectivity index (χ3n) is 3.77. The molecular formula is C19H21F2NO3. The van der Waals surface area contributed by atoms with E-state index in [1.807, 2.05) is 0 Å². The monoisotopic (exact) mass is 349 g/mol. The Kier molecular flexibility index (Phi) is 5.51. The van der Waals surface area contributed by atoms with Crippen molar-refractivity contribution in [2.45, 2.75) is 12.8 Å². The molecule has 2 aromatic carbocycles. The first-order valence-electron chi connectivity index (χ1n) is 7.56. The van der Waals surface area contributed by atoms with Crippen LogP contribution >= 0.6 is 0 Å². The van der Waals surface area contributed by atoms with E-state index in [1.165, 1.54) is 33.5 Å². The fourth-order valence-electron chi connectivity index (χ4n) is 2.41. The van der Waals surface area contributed by atoms with Gasteiger partial charge in [0.1, 0.15) is 0 Å². The molecule has 0 unspecified atom stereocenters. The molecule has 0 saturated carbocycles. The minimum absolute atomic E-state index is 0.0306. The van der Waals surface area contributed by atoms with Gasteiger partial charge in [0, 0.05) is 18.1 Å². The molecule has 25 heavy (non-hydrogen) atoms. The van der Waals surface area contributed by atoms with Crippen LogP contribution in [0.25, 0.3) is 12.2 Å². The molecule has 0 aliphatic rings. The smallest absolute Gasteiger partial charge is 0.270 e. The van der Waals surface area contributed by atoms with Crippen LogP contribution in [0.1, 0.15) is 23.6 Å². The number of hydrogen-bond donors (Lipinski definition) is 1. The number of hydrogen-bond acceptors (Lipinski definition) is 4. The summed E-state index contributed by atoms with van der Waals surface area (Å²) in [6.07, 6.45) is 3.54. The first-order valence-corrected chi connectivity index (χ1v) is 7.56. The van der Waals surface area contributed by atoms with E-state index in [2.05, 4.69) is 0 Å². The van der Waals surface area contributed by atoms with E-state index in [0.717, 1.165) is 12.5 Å². The third-order valence-corrected chi connectivity index (χ3v) is 3.77. The van der Waals surface area contributed by atoms with Gasteiger partial charge in [-0.2, -0.15) is 0 Å². The van der Waals surface area contributed by atoms with E-state index in [9.17, 15) is 8.78 Å². The molecule has 0 saturated heterocycles. The molecule has 0 bridgehead atoms. The number of anilines is 1. The van der Waals surface area contributed by atoms with Gasteiger partial charge in [0.2, 0.25) is 5.75 Å². The Hall–Kier alpha value is -2.76. The SMILES string of the molecule is COc1cc(/C=C/c2ccc(C(C)(F)F)cc2)c(N)c(OC)c1OC. The van der Waals surface area contributed by atoms with Crippen molar-refractivity contribution in [3.05, 3.63) is 47.0 Å². The van der Waals surface area contributed by atoms with Crippen molar-refractivity contribution in [3.63, 3.8) is 0 Å². The molecule has 4 nitrogen and oxygen atoms in total. The van der Waals surface area contributed by atoms with Gasteiger partial charge in [0.25, 0.3) is 5.92 Å². The molecule has 0 radical (unpaired) electrons. The second kappa shape index (κ2) is 7.42. The highest BCUT2D eigenvalue weighted by Gasteiger charge is 2.23. The van der Waals surface area contributed by atoms with Crippen molar-refractivity contribution in [3.8, 4) is 17.2 Å². The van der Waals surface area contributed by atoms with E-state index >= 15 is 0 Å². The number of benzene rings is 2. The second-order valence-electron chi connectivity index (χ2n) is 5.49. The van der Waals surface area contributed by atoms with E-state index < -0.39 is 5.92 Å². The largest absolute Gasteiger partial charge is 0.493 e. The van der Waals surface area contributed by atoms with Crippen molar-refractivity contribution in [1.82, 2.24) is 0 Å². The highest BCUT2D eigenvalue weighted by atomic mass is 19.3. The lowest BCUT2D eigenvalue weighted by Gasteiger charge is -2.16. The van der Waals surface area contributed by atoms with Crippen LogP contribution < -0.4 is 19.9 Å². The predicted molar refractivity (Wildman–Crippen MR) is 95.4 cm³/mol. The lowest BCUT2D eigenvalue weighted by molar-refractivity contribution is 0.0175. The molecule has 2 aromatic rings. The van der Waals surface area contributed by atoms with E-state index in [1.54, 1.807) is 30.4 Å². The molecule has 0 spiro atoms. The summed E-state index contributed by atoms with van der Waals surface area (Å²) in [7, 11) is 4.51. The maximum absolute atomic E-state index is 13.3. The molecule has 0 atom stereocenters. The lowest BCUT2D eigenvalue weighted by Crippen LogP contribution is -2.06. The molecule has 2 rings (SSSR count). The quantitative estimate of drug-likeness (QED) is 0.613. The Bertz CT molecular complexity index is 766. The summed E-state index contributed by atoms with van der Waals surface area (Å²) in [6, 6.07) is 7.77. The zero-order valence-corrected chi connectivity index (χ0v) is 14.6. The van der Waals surface area contributed by atoms with Crippen molar-refractivity contribution >= 4 is 17.8 Å². The fraction of sp³-hybridized carbons (Fsp3) is 0.263. The molecule has 0 aliphatic heterocycles. The fourth-order valence-corrected chi connectivity index (χ4v) is 2.41. The summed E-state index contributed by atoms with van der Waals surface area (Å²) in [5, 5.41) is 0. The van der Waals surface area contributed by atoms with E-state index in [4.69, 9.17) is 19.9 Å². The zero-order chi connectivity index (χ0) is 18.6. The number of alkyl halides is 2.